The van der Waals surface area contributed by atoms with Crippen molar-refractivity contribution in [1.29, 1.82) is 0 Å². The number of pyridine rings is 1. The molecular weight excluding hydrogens is 320 g/mol. The van der Waals surface area contributed by atoms with Crippen molar-refractivity contribution in [2.24, 2.45) is 0 Å². The third-order valence-corrected chi connectivity index (χ3v) is 4.07. The summed E-state index contributed by atoms with van der Waals surface area (Å²) in [5, 5.41) is 10.8. The van der Waals surface area contributed by atoms with Crippen LogP contribution in [0.15, 0.2) is 53.3 Å². The Morgan fingerprint density at radius 3 is 2.32 bits per heavy atom. The lowest BCUT2D eigenvalue weighted by Gasteiger charge is -2.18. The Hall–Kier alpha value is -3.41. The third kappa shape index (κ3) is 2.89. The number of Topliss-reactive ketones (excluding diaryl/α,β-unsaturated/α-hetero) is 1. The largest absolute Gasteiger partial charge is 0.506 e. The summed E-state index contributed by atoms with van der Waals surface area (Å²) < 4.78 is 0. The zero-order chi connectivity index (χ0) is 18.1. The quantitative estimate of drug-likeness (QED) is 0.720. The first-order valence-corrected chi connectivity index (χ1v) is 7.63. The molecule has 0 aliphatic heterocycles. The molecule has 0 aliphatic rings. The minimum Gasteiger partial charge on any atom is -0.506 e. The van der Waals surface area contributed by atoms with Crippen LogP contribution in [0.3, 0.4) is 0 Å². The molecule has 0 aliphatic carbocycles. The molecule has 6 nitrogen and oxygen atoms in total. The lowest BCUT2D eigenvalue weighted by molar-refractivity contribution is 0.0987. The van der Waals surface area contributed by atoms with Gasteiger partial charge >= 0.3 is 0 Å². The highest BCUT2D eigenvalue weighted by atomic mass is 16.3. The maximum atomic E-state index is 12.7. The first-order chi connectivity index (χ1) is 11.9. The molecule has 0 spiro atoms. The second-order valence-corrected chi connectivity index (χ2v) is 5.69. The fourth-order valence-corrected chi connectivity index (χ4v) is 2.63. The van der Waals surface area contributed by atoms with Crippen molar-refractivity contribution in [3.63, 3.8) is 0 Å². The van der Waals surface area contributed by atoms with E-state index in [1.54, 1.807) is 48.5 Å². The molecule has 25 heavy (non-hydrogen) atoms. The summed E-state index contributed by atoms with van der Waals surface area (Å²) in [6.07, 6.45) is 0. The van der Waals surface area contributed by atoms with Crippen LogP contribution in [0.4, 0.5) is 5.69 Å². The number of hydrogen-bond acceptors (Lipinski definition) is 4. The second kappa shape index (κ2) is 6.24. The number of nitrogens with zero attached hydrogens (tertiary/aromatic N) is 1. The van der Waals surface area contributed by atoms with Crippen molar-refractivity contribution in [2.75, 3.05) is 11.9 Å². The number of nitrogens with one attached hydrogen (secondary N) is 1. The maximum Gasteiger partial charge on any atom is 0.267 e. The number of fused-ring (bicyclic) bond motifs is 1. The Bertz CT molecular complexity index is 1040. The van der Waals surface area contributed by atoms with Crippen LogP contribution in [-0.4, -0.2) is 28.8 Å². The number of aromatic nitrogens is 1. The number of anilines is 1. The number of para-hydroxylation sites is 1. The molecular formula is C19H16N2O4. The molecule has 2 aromatic carbocycles. The second-order valence-electron chi connectivity index (χ2n) is 5.69. The highest BCUT2D eigenvalue weighted by Gasteiger charge is 2.23. The van der Waals surface area contributed by atoms with E-state index in [-0.39, 0.29) is 17.1 Å². The topological polar surface area (TPSA) is 90.5 Å². The number of ketones is 1. The number of carbonyl (C=O) groups excluding carboxylic acids is 2. The van der Waals surface area contributed by atoms with E-state index in [9.17, 15) is 19.5 Å². The molecule has 0 saturated heterocycles. The average Bonchev–Trinajstić information content (AvgIpc) is 2.61. The van der Waals surface area contributed by atoms with E-state index in [1.807, 2.05) is 0 Å². The van der Waals surface area contributed by atoms with Gasteiger partial charge in [-0.15, -0.1) is 0 Å². The molecule has 0 radical (unpaired) electrons. The molecule has 0 fully saturated rings. The van der Waals surface area contributed by atoms with E-state index in [1.165, 1.54) is 18.9 Å². The minimum absolute atomic E-state index is 0.0795. The first kappa shape index (κ1) is 16.4. The molecule has 2 N–H and O–H groups in total. The fraction of sp³-hybridized carbons (Fsp3) is 0.105. The van der Waals surface area contributed by atoms with Crippen molar-refractivity contribution in [1.82, 2.24) is 4.98 Å². The highest BCUT2D eigenvalue weighted by Crippen LogP contribution is 2.26. The Kier molecular flexibility index (Phi) is 4.10. The molecule has 0 atom stereocenters. The van der Waals surface area contributed by atoms with Crippen molar-refractivity contribution in [2.45, 2.75) is 6.92 Å². The molecule has 3 aromatic rings. The van der Waals surface area contributed by atoms with Gasteiger partial charge in [-0.2, -0.15) is 0 Å². The van der Waals surface area contributed by atoms with Crippen LogP contribution >= 0.6 is 0 Å². The predicted molar refractivity (Wildman–Crippen MR) is 95.4 cm³/mol. The minimum atomic E-state index is -0.659. The van der Waals surface area contributed by atoms with Gasteiger partial charge in [0.15, 0.2) is 5.78 Å². The van der Waals surface area contributed by atoms with Crippen LogP contribution in [-0.2, 0) is 0 Å². The molecule has 0 saturated carbocycles. The van der Waals surface area contributed by atoms with Crippen molar-refractivity contribution in [3.05, 3.63) is 70.0 Å². The highest BCUT2D eigenvalue weighted by molar-refractivity contribution is 6.10. The number of H-pyrrole nitrogens is 1. The third-order valence-electron chi connectivity index (χ3n) is 4.07. The molecule has 1 heterocycles. The van der Waals surface area contributed by atoms with Gasteiger partial charge in [0.25, 0.3) is 11.5 Å². The van der Waals surface area contributed by atoms with Crippen molar-refractivity contribution >= 4 is 28.3 Å². The molecule has 0 bridgehead atoms. The molecule has 0 unspecified atom stereocenters. The van der Waals surface area contributed by atoms with E-state index in [2.05, 4.69) is 4.98 Å². The first-order valence-electron chi connectivity index (χ1n) is 7.63. The number of benzene rings is 2. The van der Waals surface area contributed by atoms with Gasteiger partial charge in [0, 0.05) is 23.7 Å². The van der Waals surface area contributed by atoms with E-state index in [0.29, 0.717) is 22.2 Å². The normalized spacial score (nSPS) is 10.6. The van der Waals surface area contributed by atoms with Gasteiger partial charge < -0.3 is 15.0 Å². The lowest BCUT2D eigenvalue weighted by Crippen LogP contribution is -2.31. The number of aromatic amines is 1. The van der Waals surface area contributed by atoms with Gasteiger partial charge in [0.05, 0.1) is 5.52 Å². The van der Waals surface area contributed by atoms with Gasteiger partial charge in [-0.1, -0.05) is 12.1 Å². The van der Waals surface area contributed by atoms with Crippen molar-refractivity contribution < 1.29 is 14.7 Å². The summed E-state index contributed by atoms with van der Waals surface area (Å²) in [7, 11) is 1.50. The van der Waals surface area contributed by atoms with Gasteiger partial charge in [-0.05, 0) is 43.3 Å². The summed E-state index contributed by atoms with van der Waals surface area (Å²) in [5.74, 6) is -1.07. The number of amides is 1. The lowest BCUT2D eigenvalue weighted by atomic mass is 10.1. The molecule has 6 heteroatoms. The van der Waals surface area contributed by atoms with E-state index < -0.39 is 11.5 Å². The molecule has 1 aromatic heterocycles. The van der Waals surface area contributed by atoms with Gasteiger partial charge in [0.1, 0.15) is 11.3 Å². The van der Waals surface area contributed by atoms with Crippen molar-refractivity contribution in [3.8, 4) is 5.75 Å². The average molecular weight is 336 g/mol. The monoisotopic (exact) mass is 336 g/mol. The summed E-state index contributed by atoms with van der Waals surface area (Å²) in [6, 6.07) is 13.1. The van der Waals surface area contributed by atoms with Gasteiger partial charge in [0.2, 0.25) is 0 Å². The van der Waals surface area contributed by atoms with E-state index in [0.717, 1.165) is 0 Å². The van der Waals surface area contributed by atoms with Gasteiger partial charge in [-0.25, -0.2) is 0 Å². The summed E-state index contributed by atoms with van der Waals surface area (Å²) in [5.41, 5.74) is 0.498. The van der Waals surface area contributed by atoms with Crippen LogP contribution < -0.4 is 10.5 Å². The number of aromatic hydroxyl groups is 1. The van der Waals surface area contributed by atoms with Gasteiger partial charge in [-0.3, -0.25) is 14.4 Å². The van der Waals surface area contributed by atoms with Crippen LogP contribution in [0.2, 0.25) is 0 Å². The van der Waals surface area contributed by atoms with E-state index in [4.69, 9.17) is 0 Å². The summed E-state index contributed by atoms with van der Waals surface area (Å²) >= 11 is 0. The zero-order valence-corrected chi connectivity index (χ0v) is 13.7. The predicted octanol–water partition coefficient (Wildman–Crippen LogP) is 2.71. The Labute approximate surface area is 143 Å². The number of rotatable bonds is 3. The summed E-state index contributed by atoms with van der Waals surface area (Å²) in [6.45, 7) is 1.45. The van der Waals surface area contributed by atoms with Crippen LogP contribution in [0, 0.1) is 0 Å². The smallest absolute Gasteiger partial charge is 0.267 e. The molecule has 3 rings (SSSR count). The molecule has 1 amide bonds. The van der Waals surface area contributed by atoms with Crippen LogP contribution in [0.5, 0.6) is 5.75 Å². The maximum absolute atomic E-state index is 12.7. The van der Waals surface area contributed by atoms with Crippen LogP contribution in [0.25, 0.3) is 10.9 Å². The Balaban J connectivity index is 2.04. The standard InChI is InChI=1S/C19H16N2O4/c1-11(22)12-7-9-13(10-8-12)21(2)19(25)16-17(23)14-5-3-4-6-15(14)20-18(16)24/h3-10H,1-2H3,(H2,20,23,24). The number of hydrogen-bond donors (Lipinski definition) is 2. The zero-order valence-electron chi connectivity index (χ0n) is 13.7. The summed E-state index contributed by atoms with van der Waals surface area (Å²) in [4.78, 5) is 40.2. The SMILES string of the molecule is CC(=O)c1ccc(N(C)C(=O)c2c(O)c3ccccc3[nH]c2=O)cc1. The Morgan fingerprint density at radius 1 is 1.04 bits per heavy atom. The van der Waals surface area contributed by atoms with E-state index >= 15 is 0 Å². The fourth-order valence-electron chi connectivity index (χ4n) is 2.63. The molecule has 126 valence electrons. The van der Waals surface area contributed by atoms with Crippen LogP contribution in [0.1, 0.15) is 27.6 Å². The Morgan fingerprint density at radius 2 is 1.68 bits per heavy atom. The number of carbonyl (C=O) groups is 2.